The molecule has 1 aliphatic rings. The van der Waals surface area contributed by atoms with Gasteiger partial charge in [0, 0.05) is 6.42 Å². The zero-order valence-electron chi connectivity index (χ0n) is 24.3. The number of carboxylic acid groups (broad SMARTS) is 1. The summed E-state index contributed by atoms with van der Waals surface area (Å²) in [6.07, 6.45) is 11.5. The van der Waals surface area contributed by atoms with Crippen LogP contribution in [-0.2, 0) is 17.6 Å². The summed E-state index contributed by atoms with van der Waals surface area (Å²) in [5.74, 6) is -0.846. The van der Waals surface area contributed by atoms with Gasteiger partial charge in [0.2, 0.25) is 0 Å². The smallest absolute Gasteiger partial charge is 0.343 e. The molecule has 7 heteroatoms. The first-order chi connectivity index (χ1) is 20.4. The Hall–Kier alpha value is -4.13. The zero-order valence-corrected chi connectivity index (χ0v) is 24.3. The van der Waals surface area contributed by atoms with Crippen LogP contribution in [0.5, 0.6) is 11.5 Å². The highest BCUT2D eigenvalue weighted by Gasteiger charge is 2.23. The summed E-state index contributed by atoms with van der Waals surface area (Å²) in [6, 6.07) is 18.3. The number of aryl methyl sites for hydroxylation is 1. The van der Waals surface area contributed by atoms with Gasteiger partial charge in [-0.2, -0.15) is 0 Å². The maximum Gasteiger partial charge on any atom is 0.343 e. The van der Waals surface area contributed by atoms with Gasteiger partial charge in [-0.05, 0) is 91.1 Å². The number of hydrogen-bond acceptors (Lipinski definition) is 6. The van der Waals surface area contributed by atoms with Crippen molar-refractivity contribution in [3.63, 3.8) is 0 Å². The lowest BCUT2D eigenvalue weighted by Crippen LogP contribution is -2.25. The van der Waals surface area contributed by atoms with Crippen LogP contribution in [-0.4, -0.2) is 35.7 Å². The number of esters is 2. The first kappa shape index (κ1) is 30.8. The number of fused-ring (bicyclic) bond motifs is 1. The SMILES string of the molecule is CCCCCCCCCCOc1ccc(C(=O)Oc2ccc(C(=O)OC3CCc4cc(C(=O)O)ccc4C3)cc2)cc1. The van der Waals surface area contributed by atoms with Gasteiger partial charge in [-0.3, -0.25) is 0 Å². The largest absolute Gasteiger partial charge is 0.494 e. The van der Waals surface area contributed by atoms with Crippen LogP contribution in [0.3, 0.4) is 0 Å². The molecule has 4 rings (SSSR count). The molecule has 0 aromatic heterocycles. The third-order valence-corrected chi connectivity index (χ3v) is 7.57. The third-order valence-electron chi connectivity index (χ3n) is 7.57. The fourth-order valence-electron chi connectivity index (χ4n) is 5.11. The Balaban J connectivity index is 1.18. The van der Waals surface area contributed by atoms with Crippen LogP contribution in [0, 0.1) is 0 Å². The van der Waals surface area contributed by atoms with E-state index in [2.05, 4.69) is 6.92 Å². The summed E-state index contributed by atoms with van der Waals surface area (Å²) in [4.78, 5) is 36.5. The van der Waals surface area contributed by atoms with Gasteiger partial charge in [-0.15, -0.1) is 0 Å². The Kier molecular flexibility index (Phi) is 11.6. The van der Waals surface area contributed by atoms with Gasteiger partial charge in [0.15, 0.2) is 0 Å². The van der Waals surface area contributed by atoms with E-state index in [4.69, 9.17) is 14.2 Å². The first-order valence-electron chi connectivity index (χ1n) is 15.0. The van der Waals surface area contributed by atoms with E-state index < -0.39 is 17.9 Å². The summed E-state index contributed by atoms with van der Waals surface area (Å²) < 4.78 is 17.0. The molecule has 0 saturated carbocycles. The highest BCUT2D eigenvalue weighted by atomic mass is 16.5. The molecule has 3 aromatic carbocycles. The Morgan fingerprint density at radius 3 is 1.98 bits per heavy atom. The van der Waals surface area contributed by atoms with Crippen molar-refractivity contribution in [2.75, 3.05) is 6.61 Å². The predicted molar refractivity (Wildman–Crippen MR) is 161 cm³/mol. The number of carbonyl (C=O) groups is 3. The second kappa shape index (κ2) is 15.8. The number of aromatic carboxylic acids is 1. The molecule has 0 bridgehead atoms. The van der Waals surface area contributed by atoms with Crippen molar-refractivity contribution in [1.82, 2.24) is 0 Å². The van der Waals surface area contributed by atoms with Crippen LogP contribution in [0.25, 0.3) is 0 Å². The van der Waals surface area contributed by atoms with Crippen LogP contribution in [0.2, 0.25) is 0 Å². The monoisotopic (exact) mass is 572 g/mol. The van der Waals surface area contributed by atoms with E-state index in [0.29, 0.717) is 42.7 Å². The molecule has 1 N–H and O–H groups in total. The standard InChI is InChI=1S/C35H40O7/c1-2-3-4-5-6-7-8-9-22-40-30-17-12-25(13-18-30)34(38)41-31-19-14-26(15-20-31)35(39)42-32-21-16-27-23-29(33(36)37)11-10-28(27)24-32/h10-15,17-20,23,32H,2-9,16,21-22,24H2,1H3,(H,36,37). The Morgan fingerprint density at radius 2 is 1.31 bits per heavy atom. The second-order valence-electron chi connectivity index (χ2n) is 10.8. The highest BCUT2D eigenvalue weighted by Crippen LogP contribution is 2.26. The minimum Gasteiger partial charge on any atom is -0.494 e. The Bertz CT molecular complexity index is 1330. The maximum atomic E-state index is 12.7. The van der Waals surface area contributed by atoms with Crippen LogP contribution in [0.4, 0.5) is 0 Å². The van der Waals surface area contributed by atoms with Crippen LogP contribution in [0.15, 0.2) is 66.7 Å². The van der Waals surface area contributed by atoms with Crippen molar-refractivity contribution in [2.45, 2.75) is 83.7 Å². The number of hydrogen-bond donors (Lipinski definition) is 1. The molecule has 0 fully saturated rings. The summed E-state index contributed by atoms with van der Waals surface area (Å²) in [6.45, 7) is 2.89. The highest BCUT2D eigenvalue weighted by molar-refractivity contribution is 5.92. The van der Waals surface area contributed by atoms with Crippen LogP contribution in [0.1, 0.15) is 107 Å². The molecule has 1 aliphatic carbocycles. The van der Waals surface area contributed by atoms with Crippen molar-refractivity contribution in [3.8, 4) is 11.5 Å². The number of carbonyl (C=O) groups excluding carboxylic acids is 2. The van der Waals surface area contributed by atoms with Crippen molar-refractivity contribution in [3.05, 3.63) is 94.5 Å². The zero-order chi connectivity index (χ0) is 29.7. The molecule has 7 nitrogen and oxygen atoms in total. The van der Waals surface area contributed by atoms with Gasteiger partial charge in [0.25, 0.3) is 0 Å². The molecule has 0 amide bonds. The van der Waals surface area contributed by atoms with Gasteiger partial charge in [0.05, 0.1) is 23.3 Å². The summed E-state index contributed by atoms with van der Waals surface area (Å²) in [5.41, 5.74) is 3.01. The van der Waals surface area contributed by atoms with E-state index in [9.17, 15) is 19.5 Å². The predicted octanol–water partition coefficient (Wildman–Crippen LogP) is 7.84. The summed E-state index contributed by atoms with van der Waals surface area (Å²) in [5, 5.41) is 9.18. The normalized spacial score (nSPS) is 14.1. The van der Waals surface area contributed by atoms with Gasteiger partial charge in [-0.25, -0.2) is 14.4 Å². The van der Waals surface area contributed by atoms with E-state index in [0.717, 1.165) is 23.3 Å². The quantitative estimate of drug-likeness (QED) is 0.112. The van der Waals surface area contributed by atoms with Gasteiger partial charge < -0.3 is 19.3 Å². The van der Waals surface area contributed by atoms with E-state index >= 15 is 0 Å². The molecular weight excluding hydrogens is 532 g/mol. The molecule has 0 spiro atoms. The number of benzene rings is 3. The van der Waals surface area contributed by atoms with Crippen LogP contribution >= 0.6 is 0 Å². The van der Waals surface area contributed by atoms with E-state index in [-0.39, 0.29) is 11.7 Å². The third kappa shape index (κ3) is 9.20. The molecule has 0 saturated heterocycles. The fourth-order valence-corrected chi connectivity index (χ4v) is 5.11. The molecule has 0 heterocycles. The van der Waals surface area contributed by atoms with Crippen molar-refractivity contribution in [2.24, 2.45) is 0 Å². The van der Waals surface area contributed by atoms with Gasteiger partial charge in [-0.1, -0.05) is 57.9 Å². The fraction of sp³-hybridized carbons (Fsp3) is 0.400. The summed E-state index contributed by atoms with van der Waals surface area (Å²) >= 11 is 0. The first-order valence-corrected chi connectivity index (χ1v) is 15.0. The topological polar surface area (TPSA) is 99.1 Å². The van der Waals surface area contributed by atoms with Crippen LogP contribution < -0.4 is 9.47 Å². The summed E-state index contributed by atoms with van der Waals surface area (Å²) in [7, 11) is 0. The molecule has 42 heavy (non-hydrogen) atoms. The van der Waals surface area contributed by atoms with Crippen molar-refractivity contribution >= 4 is 17.9 Å². The molecular formula is C35H40O7. The van der Waals surface area contributed by atoms with E-state index in [1.807, 2.05) is 0 Å². The average Bonchev–Trinajstić information content (AvgIpc) is 3.00. The lowest BCUT2D eigenvalue weighted by atomic mass is 9.88. The molecule has 1 atom stereocenters. The van der Waals surface area contributed by atoms with E-state index in [1.54, 1.807) is 66.7 Å². The lowest BCUT2D eigenvalue weighted by molar-refractivity contribution is 0.0271. The second-order valence-corrected chi connectivity index (χ2v) is 10.8. The maximum absolute atomic E-state index is 12.7. The number of unbranched alkanes of at least 4 members (excludes halogenated alkanes) is 7. The van der Waals surface area contributed by atoms with Gasteiger partial charge >= 0.3 is 17.9 Å². The molecule has 0 aliphatic heterocycles. The van der Waals surface area contributed by atoms with Crippen molar-refractivity contribution < 1.29 is 33.7 Å². The Morgan fingerprint density at radius 1 is 0.714 bits per heavy atom. The minimum absolute atomic E-state index is 0.264. The lowest BCUT2D eigenvalue weighted by Gasteiger charge is -2.25. The molecule has 1 unspecified atom stereocenters. The molecule has 222 valence electrons. The number of carboxylic acids is 1. The number of ether oxygens (including phenoxy) is 3. The Labute approximate surface area is 247 Å². The minimum atomic E-state index is -0.951. The average molecular weight is 573 g/mol. The van der Waals surface area contributed by atoms with Crippen molar-refractivity contribution in [1.29, 1.82) is 0 Å². The number of rotatable bonds is 15. The molecule has 3 aromatic rings. The van der Waals surface area contributed by atoms with Gasteiger partial charge in [0.1, 0.15) is 17.6 Å². The van der Waals surface area contributed by atoms with E-state index in [1.165, 1.54) is 44.9 Å². The molecule has 0 radical (unpaired) electrons.